The first-order chi connectivity index (χ1) is 9.58. The molecule has 1 aliphatic heterocycles. The molecule has 1 aromatic rings. The van der Waals surface area contributed by atoms with Crippen LogP contribution in [0, 0.1) is 0 Å². The Labute approximate surface area is 122 Å². The van der Waals surface area contributed by atoms with Crippen LogP contribution in [0.4, 0.5) is 5.69 Å². The zero-order valence-electron chi connectivity index (χ0n) is 12.9. The minimum atomic E-state index is 0.139. The van der Waals surface area contributed by atoms with Gasteiger partial charge >= 0.3 is 0 Å². The molecule has 0 N–H and O–H groups in total. The van der Waals surface area contributed by atoms with E-state index in [9.17, 15) is 4.79 Å². The van der Waals surface area contributed by atoms with E-state index in [4.69, 9.17) is 0 Å². The van der Waals surface area contributed by atoms with Crippen molar-refractivity contribution in [2.75, 3.05) is 18.0 Å². The van der Waals surface area contributed by atoms with E-state index in [0.717, 1.165) is 0 Å². The molecule has 0 aromatic heterocycles. The van der Waals surface area contributed by atoms with Crippen LogP contribution in [-0.4, -0.2) is 29.9 Å². The maximum atomic E-state index is 11.6. The van der Waals surface area contributed by atoms with Crippen LogP contribution in [-0.2, 0) is 11.3 Å². The molecular formula is C17H26N2O. The summed E-state index contributed by atoms with van der Waals surface area (Å²) in [5.41, 5.74) is 2.52. The number of nitrogens with zero attached hydrogens (tertiary/aromatic N) is 2. The van der Waals surface area contributed by atoms with Gasteiger partial charge in [-0.1, -0.05) is 12.1 Å². The summed E-state index contributed by atoms with van der Waals surface area (Å²) in [5.74, 6) is 0.139. The van der Waals surface area contributed by atoms with Gasteiger partial charge in [0.25, 0.3) is 0 Å². The Kier molecular flexibility index (Phi) is 5.05. The maximum absolute atomic E-state index is 11.6. The van der Waals surface area contributed by atoms with Crippen LogP contribution in [0.15, 0.2) is 24.3 Å². The van der Waals surface area contributed by atoms with Gasteiger partial charge in [0.1, 0.15) is 0 Å². The minimum absolute atomic E-state index is 0.139. The molecule has 0 bridgehead atoms. The van der Waals surface area contributed by atoms with Gasteiger partial charge in [-0.2, -0.15) is 0 Å². The summed E-state index contributed by atoms with van der Waals surface area (Å²) in [6.07, 6.45) is 3.96. The van der Waals surface area contributed by atoms with Crippen molar-refractivity contribution in [1.82, 2.24) is 4.90 Å². The lowest BCUT2D eigenvalue weighted by atomic mass is 10.1. The molecule has 1 aromatic carbocycles. The monoisotopic (exact) mass is 274 g/mol. The van der Waals surface area contributed by atoms with E-state index in [-0.39, 0.29) is 11.9 Å². The number of rotatable bonds is 4. The number of amides is 1. The van der Waals surface area contributed by atoms with Crippen molar-refractivity contribution in [1.29, 1.82) is 0 Å². The first kappa shape index (κ1) is 14.9. The van der Waals surface area contributed by atoms with Gasteiger partial charge in [0.05, 0.1) is 0 Å². The van der Waals surface area contributed by atoms with Gasteiger partial charge in [-0.3, -0.25) is 4.79 Å². The molecule has 1 saturated heterocycles. The number of carbonyl (C=O) groups is 1. The van der Waals surface area contributed by atoms with Crippen molar-refractivity contribution in [3.63, 3.8) is 0 Å². The quantitative estimate of drug-likeness (QED) is 0.839. The molecule has 3 heteroatoms. The second-order valence-electron chi connectivity index (χ2n) is 5.95. The fourth-order valence-corrected chi connectivity index (χ4v) is 2.82. The van der Waals surface area contributed by atoms with E-state index in [1.807, 2.05) is 4.90 Å². The summed E-state index contributed by atoms with van der Waals surface area (Å²) < 4.78 is 0. The lowest BCUT2D eigenvalue weighted by Gasteiger charge is -2.29. The summed E-state index contributed by atoms with van der Waals surface area (Å²) in [6, 6.07) is 8.94. The molecule has 0 aliphatic carbocycles. The third-order valence-electron chi connectivity index (χ3n) is 4.04. The number of piperidine rings is 1. The highest BCUT2D eigenvalue weighted by atomic mass is 16.2. The number of hydrogen-bond acceptors (Lipinski definition) is 2. The first-order valence-corrected chi connectivity index (χ1v) is 7.69. The van der Waals surface area contributed by atoms with Crippen molar-refractivity contribution in [3.05, 3.63) is 29.8 Å². The molecular weight excluding hydrogens is 248 g/mol. The number of hydrogen-bond donors (Lipinski definition) is 0. The van der Waals surface area contributed by atoms with Crippen LogP contribution in [0.1, 0.15) is 45.6 Å². The largest absolute Gasteiger partial charge is 0.372 e. The van der Waals surface area contributed by atoms with Gasteiger partial charge < -0.3 is 9.80 Å². The molecule has 2 rings (SSSR count). The van der Waals surface area contributed by atoms with E-state index in [2.05, 4.69) is 43.0 Å². The number of benzene rings is 1. The van der Waals surface area contributed by atoms with Crippen LogP contribution in [0.2, 0.25) is 0 Å². The summed E-state index contributed by atoms with van der Waals surface area (Å²) in [7, 11) is 0. The van der Waals surface area contributed by atoms with E-state index >= 15 is 0 Å². The molecule has 1 amide bonds. The fourth-order valence-electron chi connectivity index (χ4n) is 2.82. The van der Waals surface area contributed by atoms with E-state index in [1.165, 1.54) is 43.6 Å². The van der Waals surface area contributed by atoms with Crippen LogP contribution < -0.4 is 4.90 Å². The highest BCUT2D eigenvalue weighted by Gasteiger charge is 2.14. The molecule has 1 heterocycles. The van der Waals surface area contributed by atoms with Gasteiger partial charge in [-0.15, -0.1) is 0 Å². The molecule has 3 nitrogen and oxygen atoms in total. The van der Waals surface area contributed by atoms with Crippen molar-refractivity contribution in [2.45, 2.75) is 52.6 Å². The average molecular weight is 274 g/mol. The molecule has 20 heavy (non-hydrogen) atoms. The summed E-state index contributed by atoms with van der Waals surface area (Å²) in [6.45, 7) is 8.80. The predicted molar refractivity (Wildman–Crippen MR) is 83.9 cm³/mol. The van der Waals surface area contributed by atoms with Crippen molar-refractivity contribution >= 4 is 11.6 Å². The van der Waals surface area contributed by atoms with Crippen LogP contribution in [0.3, 0.4) is 0 Å². The topological polar surface area (TPSA) is 23.6 Å². The van der Waals surface area contributed by atoms with Crippen LogP contribution in [0.5, 0.6) is 0 Å². The Morgan fingerprint density at radius 2 is 1.75 bits per heavy atom. The molecule has 0 radical (unpaired) electrons. The van der Waals surface area contributed by atoms with Gasteiger partial charge in [0.2, 0.25) is 5.91 Å². The normalized spacial score (nSPS) is 15.5. The van der Waals surface area contributed by atoms with Gasteiger partial charge in [0.15, 0.2) is 0 Å². The Morgan fingerprint density at radius 1 is 1.15 bits per heavy atom. The number of carbonyl (C=O) groups excluding carboxylic acids is 1. The fraction of sp³-hybridized carbons (Fsp3) is 0.588. The first-order valence-electron chi connectivity index (χ1n) is 7.69. The SMILES string of the molecule is CC(=O)N(Cc1ccc(N2CCCCC2)cc1)C(C)C. The lowest BCUT2D eigenvalue weighted by molar-refractivity contribution is -0.131. The van der Waals surface area contributed by atoms with Gasteiger partial charge in [-0.25, -0.2) is 0 Å². The molecule has 110 valence electrons. The highest BCUT2D eigenvalue weighted by Crippen LogP contribution is 2.21. The van der Waals surface area contributed by atoms with Crippen molar-refractivity contribution in [3.8, 4) is 0 Å². The van der Waals surface area contributed by atoms with E-state index in [0.29, 0.717) is 6.54 Å². The third kappa shape index (κ3) is 3.75. The molecule has 1 fully saturated rings. The van der Waals surface area contributed by atoms with E-state index < -0.39 is 0 Å². The van der Waals surface area contributed by atoms with Gasteiger partial charge in [0, 0.05) is 38.3 Å². The molecule has 0 atom stereocenters. The maximum Gasteiger partial charge on any atom is 0.219 e. The summed E-state index contributed by atoms with van der Waals surface area (Å²) in [5, 5.41) is 0. The molecule has 1 aliphatic rings. The molecule has 0 spiro atoms. The Hall–Kier alpha value is -1.51. The zero-order chi connectivity index (χ0) is 14.5. The minimum Gasteiger partial charge on any atom is -0.372 e. The Balaban J connectivity index is 2.02. The molecule has 0 unspecified atom stereocenters. The lowest BCUT2D eigenvalue weighted by Crippen LogP contribution is -2.34. The number of anilines is 1. The van der Waals surface area contributed by atoms with Crippen LogP contribution in [0.25, 0.3) is 0 Å². The summed E-state index contributed by atoms with van der Waals surface area (Å²) >= 11 is 0. The Bertz CT molecular complexity index is 433. The second-order valence-corrected chi connectivity index (χ2v) is 5.95. The second kappa shape index (κ2) is 6.78. The third-order valence-corrected chi connectivity index (χ3v) is 4.04. The van der Waals surface area contributed by atoms with Crippen molar-refractivity contribution < 1.29 is 4.79 Å². The Morgan fingerprint density at radius 3 is 2.25 bits per heavy atom. The average Bonchev–Trinajstić information content (AvgIpc) is 2.45. The smallest absolute Gasteiger partial charge is 0.219 e. The van der Waals surface area contributed by atoms with Gasteiger partial charge in [-0.05, 0) is 50.8 Å². The predicted octanol–water partition coefficient (Wildman–Crippen LogP) is 3.43. The van der Waals surface area contributed by atoms with E-state index in [1.54, 1.807) is 6.92 Å². The van der Waals surface area contributed by atoms with Crippen molar-refractivity contribution in [2.24, 2.45) is 0 Å². The van der Waals surface area contributed by atoms with Crippen LogP contribution >= 0.6 is 0 Å². The molecule has 0 saturated carbocycles. The standard InChI is InChI=1S/C17H26N2O/c1-14(2)19(15(3)20)13-16-7-9-17(10-8-16)18-11-5-4-6-12-18/h7-10,14H,4-6,11-13H2,1-3H3. The summed E-state index contributed by atoms with van der Waals surface area (Å²) in [4.78, 5) is 16.0. The highest BCUT2D eigenvalue weighted by molar-refractivity contribution is 5.73. The zero-order valence-corrected chi connectivity index (χ0v) is 12.9.